The first-order valence-corrected chi connectivity index (χ1v) is 12.1. The molecule has 0 heterocycles. The van der Waals surface area contributed by atoms with Gasteiger partial charge in [-0.05, 0) is 79.9 Å². The van der Waals surface area contributed by atoms with Gasteiger partial charge in [-0.25, -0.2) is 4.39 Å². The average Bonchev–Trinajstić information content (AvgIpc) is 2.72. The van der Waals surface area contributed by atoms with E-state index < -0.39 is 29.0 Å². The second-order valence-electron chi connectivity index (χ2n) is 9.24. The standard InChI is InChI=1S/C23H32Cl2F4O/c1-2-3-15-4-6-16(7-5-15)17-8-10-18(11-9-17)19-12-20(26)23(28,29)22(27,13-19)30-14-21(24)25/h12-13,15-18,21H,2-11,14H2,1H3. The van der Waals surface area contributed by atoms with E-state index in [0.29, 0.717) is 5.92 Å². The lowest BCUT2D eigenvalue weighted by Gasteiger charge is -2.39. The molecule has 1 nitrogen and oxygen atoms in total. The van der Waals surface area contributed by atoms with Crippen LogP contribution in [0.3, 0.4) is 0 Å². The molecular formula is C23H32Cl2F4O. The fourth-order valence-electron chi connectivity index (χ4n) is 5.58. The molecule has 0 amide bonds. The van der Waals surface area contributed by atoms with E-state index in [9.17, 15) is 17.6 Å². The number of ether oxygens (including phenoxy) is 1. The lowest BCUT2D eigenvalue weighted by atomic mass is 9.67. The van der Waals surface area contributed by atoms with Crippen LogP contribution in [0.5, 0.6) is 0 Å². The van der Waals surface area contributed by atoms with Crippen LogP contribution in [0.1, 0.15) is 71.1 Å². The minimum Gasteiger partial charge on any atom is -0.335 e. The van der Waals surface area contributed by atoms with Crippen molar-refractivity contribution in [1.29, 1.82) is 0 Å². The lowest BCUT2D eigenvalue weighted by molar-refractivity contribution is -0.238. The summed E-state index contributed by atoms with van der Waals surface area (Å²) in [7, 11) is 0. The van der Waals surface area contributed by atoms with Crippen molar-refractivity contribution < 1.29 is 22.3 Å². The molecule has 1 unspecified atom stereocenters. The van der Waals surface area contributed by atoms with E-state index in [1.54, 1.807) is 0 Å². The van der Waals surface area contributed by atoms with Gasteiger partial charge in [0.25, 0.3) is 5.85 Å². The van der Waals surface area contributed by atoms with E-state index >= 15 is 0 Å². The van der Waals surface area contributed by atoms with E-state index in [1.165, 1.54) is 38.5 Å². The third kappa shape index (κ3) is 5.38. The zero-order chi connectivity index (χ0) is 21.9. The third-order valence-corrected chi connectivity index (χ3v) is 7.54. The molecule has 3 aliphatic carbocycles. The first-order valence-electron chi connectivity index (χ1n) is 11.3. The highest BCUT2D eigenvalue weighted by Gasteiger charge is 2.60. The van der Waals surface area contributed by atoms with Crippen LogP contribution in [0.2, 0.25) is 0 Å². The Morgan fingerprint density at radius 3 is 2.10 bits per heavy atom. The predicted molar refractivity (Wildman–Crippen MR) is 113 cm³/mol. The topological polar surface area (TPSA) is 9.23 Å². The van der Waals surface area contributed by atoms with Gasteiger partial charge in [0.2, 0.25) is 0 Å². The van der Waals surface area contributed by atoms with Crippen molar-refractivity contribution in [2.24, 2.45) is 23.7 Å². The summed E-state index contributed by atoms with van der Waals surface area (Å²) in [5, 5.41) is 0. The van der Waals surface area contributed by atoms with Crippen molar-refractivity contribution in [2.75, 3.05) is 6.61 Å². The lowest BCUT2D eigenvalue weighted by Crippen LogP contribution is -2.48. The van der Waals surface area contributed by atoms with Crippen LogP contribution in [0.25, 0.3) is 0 Å². The fourth-order valence-corrected chi connectivity index (χ4v) is 5.71. The van der Waals surface area contributed by atoms with Crippen molar-refractivity contribution in [1.82, 2.24) is 0 Å². The second kappa shape index (κ2) is 10.1. The molecule has 0 aromatic heterocycles. The maximum absolute atomic E-state index is 15.0. The van der Waals surface area contributed by atoms with Crippen LogP contribution in [0.15, 0.2) is 23.6 Å². The minimum absolute atomic E-state index is 0.138. The van der Waals surface area contributed by atoms with Gasteiger partial charge in [0.1, 0.15) is 4.84 Å². The Morgan fingerprint density at radius 2 is 1.57 bits per heavy atom. The SMILES string of the molecule is CCCC1CCC(C2CCC(C3=CC(F)(OCC(Cl)Cl)C(F)(F)C(F)=C3)CC2)CC1. The Hall–Kier alpha value is -0.260. The van der Waals surface area contributed by atoms with E-state index in [0.717, 1.165) is 49.7 Å². The molecule has 0 N–H and O–H groups in total. The summed E-state index contributed by atoms with van der Waals surface area (Å²) >= 11 is 11.0. The first kappa shape index (κ1) is 24.4. The molecule has 0 saturated heterocycles. The zero-order valence-corrected chi connectivity index (χ0v) is 19.0. The Kier molecular flexibility index (Phi) is 8.23. The van der Waals surface area contributed by atoms with Gasteiger partial charge in [0.05, 0.1) is 6.61 Å². The highest BCUT2D eigenvalue weighted by molar-refractivity contribution is 6.44. The third-order valence-electron chi connectivity index (χ3n) is 7.29. The van der Waals surface area contributed by atoms with Gasteiger partial charge < -0.3 is 4.74 Å². The Bertz CT molecular complexity index is 635. The Morgan fingerprint density at radius 1 is 1.00 bits per heavy atom. The van der Waals surface area contributed by atoms with E-state index in [1.807, 2.05) is 0 Å². The predicted octanol–water partition coefficient (Wildman–Crippen LogP) is 8.31. The Balaban J connectivity index is 1.61. The Labute approximate surface area is 187 Å². The molecule has 2 saturated carbocycles. The van der Waals surface area contributed by atoms with Gasteiger partial charge in [-0.3, -0.25) is 0 Å². The molecule has 172 valence electrons. The molecule has 3 rings (SSSR count). The first-order chi connectivity index (χ1) is 14.2. The van der Waals surface area contributed by atoms with Gasteiger partial charge in [0.15, 0.2) is 5.83 Å². The summed E-state index contributed by atoms with van der Waals surface area (Å²) in [6.07, 6.45) is 12.7. The molecule has 0 bridgehead atoms. The zero-order valence-electron chi connectivity index (χ0n) is 17.5. The number of alkyl halides is 5. The van der Waals surface area contributed by atoms with Crippen molar-refractivity contribution in [3.05, 3.63) is 23.6 Å². The summed E-state index contributed by atoms with van der Waals surface area (Å²) in [6, 6.07) is 0. The van der Waals surface area contributed by atoms with Crippen LogP contribution in [0.4, 0.5) is 17.6 Å². The molecular weight excluding hydrogens is 439 g/mol. The van der Waals surface area contributed by atoms with Gasteiger partial charge in [-0.15, -0.1) is 23.2 Å². The van der Waals surface area contributed by atoms with Gasteiger partial charge in [-0.1, -0.05) is 32.6 Å². The molecule has 0 aliphatic heterocycles. The van der Waals surface area contributed by atoms with Crippen LogP contribution in [-0.4, -0.2) is 23.2 Å². The van der Waals surface area contributed by atoms with Gasteiger partial charge in [0, 0.05) is 0 Å². The smallest absolute Gasteiger partial charge is 0.335 e. The highest BCUT2D eigenvalue weighted by Crippen LogP contribution is 2.49. The van der Waals surface area contributed by atoms with E-state index in [4.69, 9.17) is 23.2 Å². The highest BCUT2D eigenvalue weighted by atomic mass is 35.5. The summed E-state index contributed by atoms with van der Waals surface area (Å²) in [4.78, 5) is -1.18. The van der Waals surface area contributed by atoms with Crippen molar-refractivity contribution in [2.45, 2.75) is 87.7 Å². The number of rotatable bonds is 7. The molecule has 1 atom stereocenters. The number of hydrogen-bond acceptors (Lipinski definition) is 1. The number of allylic oxidation sites excluding steroid dienone is 2. The summed E-state index contributed by atoms with van der Waals surface area (Å²) in [6.45, 7) is 1.58. The minimum atomic E-state index is -4.40. The van der Waals surface area contributed by atoms with Crippen molar-refractivity contribution in [3.63, 3.8) is 0 Å². The second-order valence-corrected chi connectivity index (χ2v) is 10.5. The van der Waals surface area contributed by atoms with Gasteiger partial charge in [-0.2, -0.15) is 13.2 Å². The summed E-state index contributed by atoms with van der Waals surface area (Å²) in [5.74, 6) is -7.69. The van der Waals surface area contributed by atoms with Gasteiger partial charge >= 0.3 is 5.92 Å². The number of hydrogen-bond donors (Lipinski definition) is 0. The molecule has 0 radical (unpaired) electrons. The quantitative estimate of drug-likeness (QED) is 0.268. The maximum Gasteiger partial charge on any atom is 0.359 e. The molecule has 0 aromatic rings. The normalized spacial score (nSPS) is 37.1. The van der Waals surface area contributed by atoms with Crippen LogP contribution < -0.4 is 0 Å². The van der Waals surface area contributed by atoms with E-state index in [2.05, 4.69) is 11.7 Å². The molecule has 7 heteroatoms. The molecule has 0 aromatic carbocycles. The van der Waals surface area contributed by atoms with Crippen LogP contribution in [0, 0.1) is 23.7 Å². The summed E-state index contributed by atoms with van der Waals surface area (Å²) < 4.78 is 62.1. The van der Waals surface area contributed by atoms with Crippen LogP contribution in [-0.2, 0) is 4.74 Å². The molecule has 3 aliphatic rings. The largest absolute Gasteiger partial charge is 0.359 e. The fraction of sp³-hybridized carbons (Fsp3) is 0.826. The summed E-state index contributed by atoms with van der Waals surface area (Å²) in [5.41, 5.74) is 0.256. The average molecular weight is 471 g/mol. The maximum atomic E-state index is 15.0. The number of halogens is 6. The molecule has 30 heavy (non-hydrogen) atoms. The van der Waals surface area contributed by atoms with Crippen LogP contribution >= 0.6 is 23.2 Å². The van der Waals surface area contributed by atoms with E-state index in [-0.39, 0.29) is 11.5 Å². The van der Waals surface area contributed by atoms with Crippen molar-refractivity contribution >= 4 is 23.2 Å². The molecule has 2 fully saturated rings. The monoisotopic (exact) mass is 470 g/mol. The molecule has 0 spiro atoms. The van der Waals surface area contributed by atoms with Crippen molar-refractivity contribution in [3.8, 4) is 0 Å².